The summed E-state index contributed by atoms with van der Waals surface area (Å²) in [7, 11) is 3.28. The van der Waals surface area contributed by atoms with E-state index in [4.69, 9.17) is 9.15 Å². The molecule has 2 aromatic rings. The quantitative estimate of drug-likeness (QED) is 0.814. The van der Waals surface area contributed by atoms with Crippen molar-refractivity contribution in [1.82, 2.24) is 4.90 Å². The van der Waals surface area contributed by atoms with Gasteiger partial charge in [-0.05, 0) is 29.7 Å². The highest BCUT2D eigenvalue weighted by Crippen LogP contribution is 2.40. The van der Waals surface area contributed by atoms with Gasteiger partial charge in [-0.3, -0.25) is 4.79 Å². The molecule has 1 amide bonds. The van der Waals surface area contributed by atoms with Crippen LogP contribution >= 0.6 is 0 Å². The Morgan fingerprint density at radius 3 is 2.62 bits per heavy atom. The number of furan rings is 1. The molecule has 1 aromatic heterocycles. The van der Waals surface area contributed by atoms with Crippen LogP contribution in [0.15, 0.2) is 28.9 Å². The smallest absolute Gasteiger partial charge is 0.226 e. The predicted molar refractivity (Wildman–Crippen MR) is 90.1 cm³/mol. The van der Waals surface area contributed by atoms with Gasteiger partial charge >= 0.3 is 0 Å². The lowest BCUT2D eigenvalue weighted by Gasteiger charge is -2.20. The van der Waals surface area contributed by atoms with Gasteiger partial charge in [0, 0.05) is 26.8 Å². The molecule has 0 unspecified atom stereocenters. The molecule has 0 aliphatic heterocycles. The van der Waals surface area contributed by atoms with E-state index in [1.54, 1.807) is 31.2 Å². The molecule has 1 aromatic carbocycles. The summed E-state index contributed by atoms with van der Waals surface area (Å²) >= 11 is 0. The number of hydrogen-bond acceptors (Lipinski definition) is 5. The number of carbonyl (C=O) groups is 1. The van der Waals surface area contributed by atoms with E-state index >= 15 is 0 Å². The van der Waals surface area contributed by atoms with Crippen molar-refractivity contribution in [3.63, 3.8) is 0 Å². The maximum atomic E-state index is 12.5. The Morgan fingerprint density at radius 1 is 1.29 bits per heavy atom. The second-order valence-corrected chi connectivity index (χ2v) is 5.56. The number of carbonyl (C=O) groups excluding carboxylic acids is 1. The molecule has 130 valence electrons. The fourth-order valence-electron chi connectivity index (χ4n) is 2.67. The standard InChI is InChI=1S/C18H23NO5/c1-4-12-13(10-17(22)19(2)7-9-23-3)18(15(21)11-14(12)20)16-6-5-8-24-16/h5-6,8,11,20-21H,4,7,9-10H2,1-3H3. The average Bonchev–Trinajstić information content (AvgIpc) is 3.06. The molecule has 1 heterocycles. The number of phenols is 2. The van der Waals surface area contributed by atoms with E-state index in [1.165, 1.54) is 12.3 Å². The molecule has 0 aliphatic carbocycles. The van der Waals surface area contributed by atoms with Gasteiger partial charge in [0.15, 0.2) is 0 Å². The van der Waals surface area contributed by atoms with Gasteiger partial charge < -0.3 is 24.3 Å². The van der Waals surface area contributed by atoms with Crippen molar-refractivity contribution < 1.29 is 24.2 Å². The van der Waals surface area contributed by atoms with Gasteiger partial charge in [-0.2, -0.15) is 0 Å². The fourth-order valence-corrected chi connectivity index (χ4v) is 2.67. The Kier molecular flexibility index (Phi) is 5.87. The summed E-state index contributed by atoms with van der Waals surface area (Å²) in [6, 6.07) is 4.72. The SMILES string of the molecule is CCc1c(O)cc(O)c(-c2ccco2)c1CC(=O)N(C)CCOC. The van der Waals surface area contributed by atoms with Crippen LogP contribution in [-0.2, 0) is 22.4 Å². The molecule has 0 atom stereocenters. The lowest BCUT2D eigenvalue weighted by Crippen LogP contribution is -2.31. The highest BCUT2D eigenvalue weighted by atomic mass is 16.5. The van der Waals surface area contributed by atoms with E-state index in [0.717, 1.165) is 0 Å². The van der Waals surface area contributed by atoms with Crippen LogP contribution in [0, 0.1) is 0 Å². The molecule has 0 bridgehead atoms. The third-order valence-corrected chi connectivity index (χ3v) is 4.01. The van der Waals surface area contributed by atoms with Crippen LogP contribution in [0.5, 0.6) is 11.5 Å². The van der Waals surface area contributed by atoms with E-state index in [-0.39, 0.29) is 23.8 Å². The first-order valence-electron chi connectivity index (χ1n) is 7.83. The van der Waals surface area contributed by atoms with Crippen molar-refractivity contribution in [2.75, 3.05) is 27.3 Å². The molecule has 6 nitrogen and oxygen atoms in total. The summed E-state index contributed by atoms with van der Waals surface area (Å²) in [5, 5.41) is 20.4. The van der Waals surface area contributed by atoms with Crippen molar-refractivity contribution in [3.05, 3.63) is 35.6 Å². The van der Waals surface area contributed by atoms with Crippen molar-refractivity contribution in [1.29, 1.82) is 0 Å². The number of amides is 1. The summed E-state index contributed by atoms with van der Waals surface area (Å²) in [5.74, 6) is 0.207. The third kappa shape index (κ3) is 3.71. The molecule has 0 saturated carbocycles. The normalized spacial score (nSPS) is 10.8. The lowest BCUT2D eigenvalue weighted by molar-refractivity contribution is -0.129. The molecule has 0 radical (unpaired) electrons. The Balaban J connectivity index is 2.45. The highest BCUT2D eigenvalue weighted by Gasteiger charge is 2.23. The third-order valence-electron chi connectivity index (χ3n) is 4.01. The number of rotatable bonds is 7. The van der Waals surface area contributed by atoms with Gasteiger partial charge in [0.25, 0.3) is 0 Å². The number of hydrogen-bond donors (Lipinski definition) is 2. The number of aromatic hydroxyl groups is 2. The maximum Gasteiger partial charge on any atom is 0.226 e. The highest BCUT2D eigenvalue weighted by molar-refractivity contribution is 5.84. The van der Waals surface area contributed by atoms with Crippen LogP contribution in [0.1, 0.15) is 18.1 Å². The molecule has 0 fully saturated rings. The first-order chi connectivity index (χ1) is 11.5. The largest absolute Gasteiger partial charge is 0.508 e. The molecule has 0 saturated heterocycles. The van der Waals surface area contributed by atoms with Gasteiger partial charge in [0.2, 0.25) is 5.91 Å². The van der Waals surface area contributed by atoms with E-state index in [0.29, 0.717) is 42.0 Å². The lowest BCUT2D eigenvalue weighted by atomic mass is 9.93. The number of benzene rings is 1. The van der Waals surface area contributed by atoms with Crippen molar-refractivity contribution in [3.8, 4) is 22.8 Å². The number of likely N-dealkylation sites (N-methyl/N-ethyl adjacent to an activating group) is 1. The molecule has 2 rings (SSSR count). The Labute approximate surface area is 141 Å². The van der Waals surface area contributed by atoms with Gasteiger partial charge in [-0.1, -0.05) is 6.92 Å². The van der Waals surface area contributed by atoms with Gasteiger partial charge in [0.1, 0.15) is 17.3 Å². The number of nitrogens with zero attached hydrogens (tertiary/aromatic N) is 1. The zero-order valence-corrected chi connectivity index (χ0v) is 14.2. The summed E-state index contributed by atoms with van der Waals surface area (Å²) in [5.41, 5.74) is 1.66. The number of methoxy groups -OCH3 is 1. The summed E-state index contributed by atoms with van der Waals surface area (Å²) in [4.78, 5) is 14.1. The molecule has 24 heavy (non-hydrogen) atoms. The van der Waals surface area contributed by atoms with E-state index in [1.807, 2.05) is 6.92 Å². The van der Waals surface area contributed by atoms with E-state index in [9.17, 15) is 15.0 Å². The summed E-state index contributed by atoms with van der Waals surface area (Å²) in [6.07, 6.45) is 2.09. The number of ether oxygens (including phenoxy) is 1. The maximum absolute atomic E-state index is 12.5. The van der Waals surface area contributed by atoms with Gasteiger partial charge in [-0.25, -0.2) is 0 Å². The van der Waals surface area contributed by atoms with E-state index in [2.05, 4.69) is 0 Å². The van der Waals surface area contributed by atoms with Crippen molar-refractivity contribution in [2.24, 2.45) is 0 Å². The van der Waals surface area contributed by atoms with Crippen molar-refractivity contribution >= 4 is 5.91 Å². The molecule has 0 aliphatic rings. The monoisotopic (exact) mass is 333 g/mol. The Morgan fingerprint density at radius 2 is 2.04 bits per heavy atom. The first-order valence-corrected chi connectivity index (χ1v) is 7.83. The Bertz CT molecular complexity index is 694. The van der Waals surface area contributed by atoms with Crippen LogP contribution in [-0.4, -0.2) is 48.3 Å². The Hall–Kier alpha value is -2.47. The van der Waals surface area contributed by atoms with Crippen molar-refractivity contribution in [2.45, 2.75) is 19.8 Å². The van der Waals surface area contributed by atoms with Crippen LogP contribution in [0.25, 0.3) is 11.3 Å². The minimum atomic E-state index is -0.125. The second-order valence-electron chi connectivity index (χ2n) is 5.56. The predicted octanol–water partition coefficient (Wildman–Crippen LogP) is 2.57. The zero-order valence-electron chi connectivity index (χ0n) is 14.2. The zero-order chi connectivity index (χ0) is 17.7. The molecule has 0 spiro atoms. The van der Waals surface area contributed by atoms with Crippen LogP contribution in [0.3, 0.4) is 0 Å². The fraction of sp³-hybridized carbons (Fsp3) is 0.389. The molecule has 6 heteroatoms. The molecular formula is C18H23NO5. The van der Waals surface area contributed by atoms with Gasteiger partial charge in [0.05, 0.1) is 24.9 Å². The summed E-state index contributed by atoms with van der Waals surface area (Å²) in [6.45, 7) is 2.80. The van der Waals surface area contributed by atoms with Crippen LogP contribution < -0.4 is 0 Å². The summed E-state index contributed by atoms with van der Waals surface area (Å²) < 4.78 is 10.4. The van der Waals surface area contributed by atoms with Crippen LogP contribution in [0.2, 0.25) is 0 Å². The minimum Gasteiger partial charge on any atom is -0.508 e. The molecular weight excluding hydrogens is 310 g/mol. The second kappa shape index (κ2) is 7.88. The first kappa shape index (κ1) is 17.9. The number of phenolic OH excluding ortho intramolecular Hbond substituents is 2. The molecule has 2 N–H and O–H groups in total. The average molecular weight is 333 g/mol. The van der Waals surface area contributed by atoms with Crippen LogP contribution in [0.4, 0.5) is 0 Å². The van der Waals surface area contributed by atoms with E-state index < -0.39 is 0 Å². The van der Waals surface area contributed by atoms with Gasteiger partial charge in [-0.15, -0.1) is 0 Å². The topological polar surface area (TPSA) is 83.1 Å². The minimum absolute atomic E-state index is 0.0207.